The zero-order valence-corrected chi connectivity index (χ0v) is 16.4. The Labute approximate surface area is 168 Å². The monoisotopic (exact) mass is 393 g/mol. The topological polar surface area (TPSA) is 93.4 Å². The summed E-state index contributed by atoms with van der Waals surface area (Å²) >= 11 is 0. The van der Waals surface area contributed by atoms with E-state index in [1.54, 1.807) is 24.2 Å². The number of ether oxygens (including phenoxy) is 1. The van der Waals surface area contributed by atoms with Gasteiger partial charge in [-0.05, 0) is 43.2 Å². The molecule has 150 valence electrons. The number of carbonyl (C=O) groups is 1. The van der Waals surface area contributed by atoms with Gasteiger partial charge in [-0.1, -0.05) is 11.3 Å². The van der Waals surface area contributed by atoms with Gasteiger partial charge >= 0.3 is 0 Å². The quantitative estimate of drug-likeness (QED) is 0.665. The highest BCUT2D eigenvalue weighted by Gasteiger charge is 2.36. The minimum Gasteiger partial charge on any atom is -0.497 e. The summed E-state index contributed by atoms with van der Waals surface area (Å²) in [6.45, 7) is 2.62. The average molecular weight is 393 g/mol. The fourth-order valence-corrected chi connectivity index (χ4v) is 3.70. The van der Waals surface area contributed by atoms with Crippen molar-refractivity contribution in [2.75, 3.05) is 25.1 Å². The second-order valence-electron chi connectivity index (χ2n) is 7.19. The van der Waals surface area contributed by atoms with Crippen LogP contribution < -0.4 is 9.64 Å². The number of hydrogen-bond donors (Lipinski definition) is 1. The molecule has 0 atom stereocenters. The molecule has 0 saturated carbocycles. The molecule has 1 aliphatic heterocycles. The molecule has 3 heterocycles. The van der Waals surface area contributed by atoms with Crippen molar-refractivity contribution >= 4 is 11.6 Å². The molecule has 4 rings (SSSR count). The van der Waals surface area contributed by atoms with Gasteiger partial charge in [0.1, 0.15) is 5.75 Å². The number of hydrogen-bond acceptors (Lipinski definition) is 7. The van der Waals surface area contributed by atoms with Crippen LogP contribution in [0.3, 0.4) is 0 Å². The van der Waals surface area contributed by atoms with Gasteiger partial charge in [0.2, 0.25) is 0 Å². The van der Waals surface area contributed by atoms with Crippen molar-refractivity contribution in [1.29, 1.82) is 0 Å². The molecular weight excluding hydrogens is 370 g/mol. The first kappa shape index (κ1) is 19.1. The van der Waals surface area contributed by atoms with Gasteiger partial charge < -0.3 is 14.7 Å². The first-order chi connectivity index (χ1) is 14.0. The van der Waals surface area contributed by atoms with E-state index in [9.17, 15) is 9.90 Å². The van der Waals surface area contributed by atoms with Crippen LogP contribution in [0.1, 0.15) is 35.8 Å². The highest BCUT2D eigenvalue weighted by Crippen LogP contribution is 2.35. The Bertz CT molecular complexity index is 993. The maximum Gasteiger partial charge on any atom is 0.183 e. The summed E-state index contributed by atoms with van der Waals surface area (Å²) in [4.78, 5) is 18.4. The number of ketones is 1. The molecule has 29 heavy (non-hydrogen) atoms. The fourth-order valence-electron chi connectivity index (χ4n) is 3.70. The number of piperidine rings is 1. The van der Waals surface area contributed by atoms with Gasteiger partial charge in [-0.2, -0.15) is 4.68 Å². The summed E-state index contributed by atoms with van der Waals surface area (Å²) in [5.41, 5.74) is 0.995. The van der Waals surface area contributed by atoms with Crippen molar-refractivity contribution in [2.24, 2.45) is 0 Å². The molecule has 0 spiro atoms. The van der Waals surface area contributed by atoms with Gasteiger partial charge in [-0.25, -0.2) is 0 Å². The summed E-state index contributed by atoms with van der Waals surface area (Å²) in [5.74, 6) is 1.24. The standard InChI is InChI=1S/C21H23N5O3/c1-15(27)19-20(26(24-23-19)17-5-7-18(29-2)8-6-17)25-12-9-21(28,10-13-25)16-4-3-11-22-14-16/h3-8,11,14,28H,9-10,12-13H2,1-2H3. The number of benzene rings is 1. The number of rotatable bonds is 5. The van der Waals surface area contributed by atoms with Crippen molar-refractivity contribution in [3.05, 3.63) is 60.0 Å². The lowest BCUT2D eigenvalue weighted by molar-refractivity contribution is 0.0113. The molecule has 3 aromatic rings. The van der Waals surface area contributed by atoms with E-state index >= 15 is 0 Å². The first-order valence-electron chi connectivity index (χ1n) is 9.51. The van der Waals surface area contributed by atoms with Crippen LogP contribution in [0.2, 0.25) is 0 Å². The maximum atomic E-state index is 12.2. The van der Waals surface area contributed by atoms with E-state index in [4.69, 9.17) is 4.74 Å². The molecule has 0 bridgehead atoms. The van der Waals surface area contributed by atoms with Crippen LogP contribution >= 0.6 is 0 Å². The summed E-state index contributed by atoms with van der Waals surface area (Å²) in [6, 6.07) is 11.1. The van der Waals surface area contributed by atoms with E-state index in [1.807, 2.05) is 36.4 Å². The van der Waals surface area contributed by atoms with Crippen LogP contribution in [0.15, 0.2) is 48.8 Å². The Kier molecular flexibility index (Phi) is 5.02. The van der Waals surface area contributed by atoms with Crippen LogP contribution in [-0.4, -0.2) is 51.1 Å². The Hall–Kier alpha value is -3.26. The Morgan fingerprint density at radius 2 is 1.90 bits per heavy atom. The molecule has 1 saturated heterocycles. The third kappa shape index (κ3) is 3.58. The highest BCUT2D eigenvalue weighted by molar-refractivity contribution is 5.97. The van der Waals surface area contributed by atoms with Gasteiger partial charge in [0.25, 0.3) is 0 Å². The second kappa shape index (κ2) is 7.63. The third-order valence-electron chi connectivity index (χ3n) is 5.39. The van der Waals surface area contributed by atoms with E-state index in [2.05, 4.69) is 20.2 Å². The number of aromatic nitrogens is 4. The molecule has 8 heteroatoms. The van der Waals surface area contributed by atoms with Gasteiger partial charge in [0, 0.05) is 38.0 Å². The zero-order valence-electron chi connectivity index (χ0n) is 16.4. The second-order valence-corrected chi connectivity index (χ2v) is 7.19. The predicted octanol–water partition coefficient (Wildman–Crippen LogP) is 2.36. The molecule has 1 fully saturated rings. The maximum absolute atomic E-state index is 12.2. The van der Waals surface area contributed by atoms with Crippen LogP contribution in [0.25, 0.3) is 5.69 Å². The molecule has 0 aliphatic carbocycles. The summed E-state index contributed by atoms with van der Waals surface area (Å²) in [6.07, 6.45) is 4.44. The fraction of sp³-hybridized carbons (Fsp3) is 0.333. The number of carbonyl (C=O) groups excluding carboxylic acids is 1. The Morgan fingerprint density at radius 1 is 1.17 bits per heavy atom. The average Bonchev–Trinajstić information content (AvgIpc) is 3.20. The summed E-state index contributed by atoms with van der Waals surface area (Å²) < 4.78 is 6.89. The summed E-state index contributed by atoms with van der Waals surface area (Å²) in [7, 11) is 1.61. The smallest absolute Gasteiger partial charge is 0.183 e. The number of Topliss-reactive ketones (excluding diaryl/α,β-unsaturated/α-hetero) is 1. The molecule has 8 nitrogen and oxygen atoms in total. The van der Waals surface area contributed by atoms with Crippen LogP contribution in [0.4, 0.5) is 5.82 Å². The summed E-state index contributed by atoms with van der Waals surface area (Å²) in [5, 5.41) is 19.4. The molecule has 0 radical (unpaired) electrons. The largest absolute Gasteiger partial charge is 0.497 e. The lowest BCUT2D eigenvalue weighted by Gasteiger charge is -2.39. The molecule has 1 N–H and O–H groups in total. The predicted molar refractivity (Wildman–Crippen MR) is 107 cm³/mol. The van der Waals surface area contributed by atoms with E-state index in [1.165, 1.54) is 6.92 Å². The van der Waals surface area contributed by atoms with Gasteiger partial charge in [0.05, 0.1) is 18.4 Å². The first-order valence-corrected chi connectivity index (χ1v) is 9.51. The normalized spacial score (nSPS) is 15.9. The minimum atomic E-state index is -0.931. The lowest BCUT2D eigenvalue weighted by Crippen LogP contribution is -2.43. The van der Waals surface area contributed by atoms with Crippen LogP contribution in [0.5, 0.6) is 5.75 Å². The number of anilines is 1. The number of methoxy groups -OCH3 is 1. The number of nitrogens with zero attached hydrogens (tertiary/aromatic N) is 5. The van der Waals surface area contributed by atoms with E-state index in [-0.39, 0.29) is 5.78 Å². The van der Waals surface area contributed by atoms with E-state index in [0.717, 1.165) is 17.0 Å². The van der Waals surface area contributed by atoms with Crippen molar-refractivity contribution in [1.82, 2.24) is 20.0 Å². The Morgan fingerprint density at radius 3 is 2.48 bits per heavy atom. The van der Waals surface area contributed by atoms with Gasteiger partial charge in [0.15, 0.2) is 17.3 Å². The zero-order chi connectivity index (χ0) is 20.4. The molecule has 1 aliphatic rings. The van der Waals surface area contributed by atoms with Crippen LogP contribution in [0, 0.1) is 0 Å². The lowest BCUT2D eigenvalue weighted by atomic mass is 9.85. The molecular formula is C21H23N5O3. The van der Waals surface area contributed by atoms with Crippen LogP contribution in [-0.2, 0) is 5.60 Å². The van der Waals surface area contributed by atoms with Crippen molar-refractivity contribution in [3.63, 3.8) is 0 Å². The Balaban J connectivity index is 1.64. The molecule has 2 aromatic heterocycles. The molecule has 0 amide bonds. The van der Waals surface area contributed by atoms with E-state index < -0.39 is 5.60 Å². The third-order valence-corrected chi connectivity index (χ3v) is 5.39. The highest BCUT2D eigenvalue weighted by atomic mass is 16.5. The molecule has 0 unspecified atom stereocenters. The van der Waals surface area contributed by atoms with Crippen molar-refractivity contribution < 1.29 is 14.6 Å². The molecule has 1 aromatic carbocycles. The van der Waals surface area contributed by atoms with Gasteiger partial charge in [-0.15, -0.1) is 5.10 Å². The number of pyridine rings is 1. The van der Waals surface area contributed by atoms with Gasteiger partial charge in [-0.3, -0.25) is 9.78 Å². The van der Waals surface area contributed by atoms with E-state index in [0.29, 0.717) is 37.4 Å². The minimum absolute atomic E-state index is 0.146. The van der Waals surface area contributed by atoms with Crippen molar-refractivity contribution in [3.8, 4) is 11.4 Å². The number of aliphatic hydroxyl groups is 1. The SMILES string of the molecule is COc1ccc(-n2nnc(C(C)=O)c2N2CCC(O)(c3cccnc3)CC2)cc1. The van der Waals surface area contributed by atoms with Crippen molar-refractivity contribution in [2.45, 2.75) is 25.4 Å².